The van der Waals surface area contributed by atoms with E-state index in [0.717, 1.165) is 19.4 Å². The lowest BCUT2D eigenvalue weighted by Crippen LogP contribution is -2.35. The average Bonchev–Trinajstić information content (AvgIpc) is 2.31. The van der Waals surface area contributed by atoms with Gasteiger partial charge >= 0.3 is 0 Å². The molecule has 0 heterocycles. The first-order chi connectivity index (χ1) is 8.52. The van der Waals surface area contributed by atoms with Crippen molar-refractivity contribution in [3.63, 3.8) is 0 Å². The summed E-state index contributed by atoms with van der Waals surface area (Å²) in [7, 11) is 0. The van der Waals surface area contributed by atoms with E-state index in [4.69, 9.17) is 4.74 Å². The van der Waals surface area contributed by atoms with Crippen LogP contribution in [0.1, 0.15) is 33.6 Å². The molecule has 0 saturated carbocycles. The number of hydrogen-bond donors (Lipinski definition) is 1. The van der Waals surface area contributed by atoms with E-state index in [2.05, 4.69) is 42.0 Å². The molecule has 0 spiro atoms. The molecule has 2 nitrogen and oxygen atoms in total. The van der Waals surface area contributed by atoms with Crippen molar-refractivity contribution in [3.05, 3.63) is 28.5 Å². The summed E-state index contributed by atoms with van der Waals surface area (Å²) in [6.07, 6.45) is 2.08. The van der Waals surface area contributed by atoms with Crippen LogP contribution in [0, 0.1) is 5.82 Å². The molecule has 0 amide bonds. The predicted octanol–water partition coefficient (Wildman–Crippen LogP) is 4.13. The summed E-state index contributed by atoms with van der Waals surface area (Å²) in [5.74, 6) is 0.291. The molecular weight excluding hydrogens is 297 g/mol. The van der Waals surface area contributed by atoms with Crippen LogP contribution < -0.4 is 10.1 Å². The summed E-state index contributed by atoms with van der Waals surface area (Å²) in [5, 5.41) is 3.35. The number of ether oxygens (including phenoxy) is 1. The highest BCUT2D eigenvalue weighted by atomic mass is 79.9. The van der Waals surface area contributed by atoms with Crippen molar-refractivity contribution in [1.29, 1.82) is 0 Å². The van der Waals surface area contributed by atoms with Crippen molar-refractivity contribution in [1.82, 2.24) is 5.32 Å². The Morgan fingerprint density at radius 2 is 2.11 bits per heavy atom. The summed E-state index contributed by atoms with van der Waals surface area (Å²) in [5.41, 5.74) is 0. The highest BCUT2D eigenvalue weighted by Gasteiger charge is 2.11. The van der Waals surface area contributed by atoms with E-state index >= 15 is 0 Å². The van der Waals surface area contributed by atoms with E-state index in [1.165, 1.54) is 6.07 Å². The molecule has 0 bridgehead atoms. The fourth-order valence-electron chi connectivity index (χ4n) is 1.63. The van der Waals surface area contributed by atoms with Gasteiger partial charge in [-0.2, -0.15) is 0 Å². The molecule has 0 fully saturated rings. The predicted molar refractivity (Wildman–Crippen MR) is 76.6 cm³/mol. The van der Waals surface area contributed by atoms with Gasteiger partial charge in [0.2, 0.25) is 0 Å². The fourth-order valence-corrected chi connectivity index (χ4v) is 1.88. The third kappa shape index (κ3) is 5.36. The Balaban J connectivity index is 2.61. The van der Waals surface area contributed by atoms with Gasteiger partial charge in [0.1, 0.15) is 17.7 Å². The minimum absolute atomic E-state index is 0.0815. The topological polar surface area (TPSA) is 21.3 Å². The molecule has 0 radical (unpaired) electrons. The van der Waals surface area contributed by atoms with Gasteiger partial charge in [0, 0.05) is 18.7 Å². The molecule has 1 N–H and O–H groups in total. The van der Waals surface area contributed by atoms with Gasteiger partial charge in [-0.15, -0.1) is 0 Å². The van der Waals surface area contributed by atoms with Crippen LogP contribution in [-0.4, -0.2) is 18.7 Å². The molecule has 18 heavy (non-hydrogen) atoms. The maximum Gasteiger partial charge on any atom is 0.141 e. The van der Waals surface area contributed by atoms with Gasteiger partial charge in [-0.05, 0) is 34.5 Å². The smallest absolute Gasteiger partial charge is 0.141 e. The second kappa shape index (κ2) is 7.74. The van der Waals surface area contributed by atoms with E-state index in [1.807, 2.05) is 0 Å². The monoisotopic (exact) mass is 317 g/mol. The van der Waals surface area contributed by atoms with E-state index in [-0.39, 0.29) is 11.9 Å². The van der Waals surface area contributed by atoms with Crippen LogP contribution in [0.3, 0.4) is 0 Å². The number of benzene rings is 1. The lowest BCUT2D eigenvalue weighted by Gasteiger charge is -2.20. The highest BCUT2D eigenvalue weighted by molar-refractivity contribution is 9.10. The van der Waals surface area contributed by atoms with Crippen molar-refractivity contribution >= 4 is 15.9 Å². The van der Waals surface area contributed by atoms with Gasteiger partial charge < -0.3 is 10.1 Å². The lowest BCUT2D eigenvalue weighted by atomic mass is 10.2. The van der Waals surface area contributed by atoms with Gasteiger partial charge in [0.15, 0.2) is 0 Å². The van der Waals surface area contributed by atoms with Crippen molar-refractivity contribution in [3.8, 4) is 5.75 Å². The van der Waals surface area contributed by atoms with E-state index < -0.39 is 0 Å². The van der Waals surface area contributed by atoms with Gasteiger partial charge in [-0.3, -0.25) is 0 Å². The Kier molecular flexibility index (Phi) is 6.65. The van der Waals surface area contributed by atoms with Crippen molar-refractivity contribution in [2.24, 2.45) is 0 Å². The first kappa shape index (κ1) is 15.4. The minimum Gasteiger partial charge on any atom is -0.489 e. The Morgan fingerprint density at radius 3 is 2.67 bits per heavy atom. The van der Waals surface area contributed by atoms with Crippen LogP contribution in [0.4, 0.5) is 4.39 Å². The zero-order chi connectivity index (χ0) is 13.5. The van der Waals surface area contributed by atoms with E-state index in [9.17, 15) is 4.39 Å². The maximum atomic E-state index is 13.4. The summed E-state index contributed by atoms with van der Waals surface area (Å²) in [6, 6.07) is 5.30. The SMILES string of the molecule is CCCC(CNC(C)C)Oc1ccc(Br)c(F)c1. The fraction of sp³-hybridized carbons (Fsp3) is 0.571. The molecule has 4 heteroatoms. The molecule has 1 unspecified atom stereocenters. The number of halogens is 2. The van der Waals surface area contributed by atoms with Gasteiger partial charge in [0.05, 0.1) is 4.47 Å². The Labute approximate surface area is 117 Å². The van der Waals surface area contributed by atoms with Crippen LogP contribution in [0.15, 0.2) is 22.7 Å². The molecule has 102 valence electrons. The molecular formula is C14H21BrFNO. The molecule has 1 aromatic carbocycles. The lowest BCUT2D eigenvalue weighted by molar-refractivity contribution is 0.182. The zero-order valence-corrected chi connectivity index (χ0v) is 12.8. The number of hydrogen-bond acceptors (Lipinski definition) is 2. The Bertz CT molecular complexity index is 371. The maximum absolute atomic E-state index is 13.4. The minimum atomic E-state index is -0.292. The van der Waals surface area contributed by atoms with Gasteiger partial charge in [-0.1, -0.05) is 27.2 Å². The van der Waals surface area contributed by atoms with Gasteiger partial charge in [0.25, 0.3) is 0 Å². The zero-order valence-electron chi connectivity index (χ0n) is 11.2. The second-order valence-electron chi connectivity index (χ2n) is 4.67. The summed E-state index contributed by atoms with van der Waals surface area (Å²) in [6.45, 7) is 7.10. The Morgan fingerprint density at radius 1 is 1.39 bits per heavy atom. The molecule has 1 rings (SSSR count). The van der Waals surface area contributed by atoms with Crippen molar-refractivity contribution < 1.29 is 9.13 Å². The van der Waals surface area contributed by atoms with Crippen molar-refractivity contribution in [2.75, 3.05) is 6.54 Å². The third-order valence-corrected chi connectivity index (χ3v) is 3.20. The van der Waals surface area contributed by atoms with E-state index in [0.29, 0.717) is 16.3 Å². The average molecular weight is 318 g/mol. The summed E-state index contributed by atoms with van der Waals surface area (Å²) < 4.78 is 19.7. The molecule has 0 aliphatic carbocycles. The van der Waals surface area contributed by atoms with E-state index in [1.54, 1.807) is 12.1 Å². The third-order valence-electron chi connectivity index (χ3n) is 2.56. The molecule has 1 aromatic rings. The largest absolute Gasteiger partial charge is 0.489 e. The first-order valence-corrected chi connectivity index (χ1v) is 7.17. The van der Waals surface area contributed by atoms with Crippen LogP contribution in [0.2, 0.25) is 0 Å². The van der Waals surface area contributed by atoms with Crippen LogP contribution in [-0.2, 0) is 0 Å². The number of nitrogens with one attached hydrogen (secondary N) is 1. The Hall–Kier alpha value is -0.610. The first-order valence-electron chi connectivity index (χ1n) is 6.38. The van der Waals surface area contributed by atoms with Crippen LogP contribution >= 0.6 is 15.9 Å². The molecule has 0 aliphatic rings. The molecule has 0 aliphatic heterocycles. The summed E-state index contributed by atoms with van der Waals surface area (Å²) in [4.78, 5) is 0. The molecule has 0 aromatic heterocycles. The number of rotatable bonds is 7. The van der Waals surface area contributed by atoms with Crippen LogP contribution in [0.25, 0.3) is 0 Å². The normalized spacial score (nSPS) is 12.8. The standard InChI is InChI=1S/C14H21BrFNO/c1-4-5-12(9-17-10(2)3)18-11-6-7-13(15)14(16)8-11/h6-8,10,12,17H,4-5,9H2,1-3H3. The highest BCUT2D eigenvalue weighted by Crippen LogP contribution is 2.22. The second-order valence-corrected chi connectivity index (χ2v) is 5.52. The van der Waals surface area contributed by atoms with Crippen molar-refractivity contribution in [2.45, 2.75) is 45.8 Å². The molecule has 0 saturated heterocycles. The quantitative estimate of drug-likeness (QED) is 0.816. The summed E-state index contributed by atoms with van der Waals surface area (Å²) >= 11 is 3.13. The van der Waals surface area contributed by atoms with Gasteiger partial charge in [-0.25, -0.2) is 4.39 Å². The molecule has 1 atom stereocenters. The van der Waals surface area contributed by atoms with Crippen LogP contribution in [0.5, 0.6) is 5.75 Å².